The summed E-state index contributed by atoms with van der Waals surface area (Å²) >= 11 is 0. The first kappa shape index (κ1) is 17.0. The molecule has 0 aliphatic carbocycles. The van der Waals surface area contributed by atoms with Crippen LogP contribution in [0.3, 0.4) is 0 Å². The highest BCUT2D eigenvalue weighted by molar-refractivity contribution is 7.91. The summed E-state index contributed by atoms with van der Waals surface area (Å²) in [5.74, 6) is 1.34. The molecule has 0 amide bonds. The van der Waals surface area contributed by atoms with Crippen LogP contribution in [0.5, 0.6) is 5.75 Å². The number of unbranched alkanes of at least 4 members (excludes halogenated alkanes) is 2. The maximum absolute atomic E-state index is 11.7. The summed E-state index contributed by atoms with van der Waals surface area (Å²) in [4.78, 5) is 0. The molecular formula is C15H25NO3S. The van der Waals surface area contributed by atoms with Gasteiger partial charge < -0.3 is 10.5 Å². The summed E-state index contributed by atoms with van der Waals surface area (Å²) in [6.07, 6.45) is 2.84. The van der Waals surface area contributed by atoms with E-state index in [0.29, 0.717) is 26.0 Å². The molecule has 5 heteroatoms. The molecule has 0 aliphatic rings. The van der Waals surface area contributed by atoms with Crippen LogP contribution in [0.15, 0.2) is 24.3 Å². The summed E-state index contributed by atoms with van der Waals surface area (Å²) in [6.45, 7) is 3.13. The largest absolute Gasteiger partial charge is 0.494 e. The molecule has 2 N–H and O–H groups in total. The molecule has 0 radical (unpaired) electrons. The van der Waals surface area contributed by atoms with Crippen molar-refractivity contribution < 1.29 is 13.2 Å². The zero-order chi connectivity index (χ0) is 14.8. The summed E-state index contributed by atoms with van der Waals surface area (Å²) in [5, 5.41) is 0. The van der Waals surface area contributed by atoms with Gasteiger partial charge in [-0.1, -0.05) is 12.1 Å². The smallest absolute Gasteiger partial charge is 0.150 e. The van der Waals surface area contributed by atoms with E-state index >= 15 is 0 Å². The maximum atomic E-state index is 11.7. The summed E-state index contributed by atoms with van der Waals surface area (Å²) in [7, 11) is -2.92. The standard InChI is InChI=1S/C15H25NO3S/c1-14-7-6-8-15(13-14)19-10-3-5-12-20(17,18)11-4-2-9-16/h6-8,13H,2-5,9-12,16H2,1H3. The zero-order valence-corrected chi connectivity index (χ0v) is 13.0. The minimum absolute atomic E-state index is 0.245. The SMILES string of the molecule is Cc1cccc(OCCCCS(=O)(=O)CCCCN)c1. The molecule has 1 aromatic carbocycles. The number of sulfone groups is 1. The van der Waals surface area contributed by atoms with Crippen molar-refractivity contribution in [3.8, 4) is 5.75 Å². The molecule has 0 saturated heterocycles. The average Bonchev–Trinajstić information content (AvgIpc) is 2.38. The molecule has 0 heterocycles. The number of aryl methyl sites for hydroxylation is 1. The topological polar surface area (TPSA) is 69.4 Å². The Morgan fingerprint density at radius 2 is 1.80 bits per heavy atom. The molecule has 0 aliphatic heterocycles. The van der Waals surface area contributed by atoms with Gasteiger partial charge in [-0.05, 0) is 56.8 Å². The number of hydrogen-bond acceptors (Lipinski definition) is 4. The zero-order valence-electron chi connectivity index (χ0n) is 12.2. The van der Waals surface area contributed by atoms with E-state index in [1.54, 1.807) is 0 Å². The molecule has 20 heavy (non-hydrogen) atoms. The number of rotatable bonds is 10. The first-order valence-electron chi connectivity index (χ1n) is 7.13. The lowest BCUT2D eigenvalue weighted by Crippen LogP contribution is -2.13. The van der Waals surface area contributed by atoms with Crippen molar-refractivity contribution in [2.75, 3.05) is 24.7 Å². The van der Waals surface area contributed by atoms with E-state index in [-0.39, 0.29) is 11.5 Å². The second-order valence-electron chi connectivity index (χ2n) is 5.02. The molecular weight excluding hydrogens is 274 g/mol. The third-order valence-corrected chi connectivity index (χ3v) is 4.84. The van der Waals surface area contributed by atoms with Gasteiger partial charge in [-0.15, -0.1) is 0 Å². The van der Waals surface area contributed by atoms with Crippen molar-refractivity contribution in [2.24, 2.45) is 5.73 Å². The lowest BCUT2D eigenvalue weighted by molar-refractivity contribution is 0.309. The average molecular weight is 299 g/mol. The Balaban J connectivity index is 2.15. The van der Waals surface area contributed by atoms with E-state index in [9.17, 15) is 8.42 Å². The molecule has 0 unspecified atom stereocenters. The van der Waals surface area contributed by atoms with E-state index < -0.39 is 9.84 Å². The predicted octanol–water partition coefficient (Wildman–Crippen LogP) is 2.31. The fraction of sp³-hybridized carbons (Fsp3) is 0.600. The highest BCUT2D eigenvalue weighted by Crippen LogP contribution is 2.12. The molecule has 114 valence electrons. The molecule has 0 fully saturated rings. The van der Waals surface area contributed by atoms with Gasteiger partial charge in [0.15, 0.2) is 0 Å². The van der Waals surface area contributed by atoms with Crippen LogP contribution in [0, 0.1) is 6.92 Å². The van der Waals surface area contributed by atoms with E-state index in [1.165, 1.54) is 0 Å². The van der Waals surface area contributed by atoms with Crippen molar-refractivity contribution in [1.29, 1.82) is 0 Å². The van der Waals surface area contributed by atoms with Crippen molar-refractivity contribution in [1.82, 2.24) is 0 Å². The summed E-state index contributed by atoms with van der Waals surface area (Å²) in [5.41, 5.74) is 6.51. The van der Waals surface area contributed by atoms with Crippen LogP contribution < -0.4 is 10.5 Å². The van der Waals surface area contributed by atoms with Crippen LogP contribution in [0.4, 0.5) is 0 Å². The molecule has 1 aromatic rings. The van der Waals surface area contributed by atoms with Gasteiger partial charge >= 0.3 is 0 Å². The van der Waals surface area contributed by atoms with Crippen molar-refractivity contribution in [2.45, 2.75) is 32.6 Å². The van der Waals surface area contributed by atoms with Gasteiger partial charge in [0.1, 0.15) is 15.6 Å². The molecule has 4 nitrogen and oxygen atoms in total. The number of benzene rings is 1. The molecule has 0 bridgehead atoms. The van der Waals surface area contributed by atoms with Gasteiger partial charge in [-0.3, -0.25) is 0 Å². The van der Waals surface area contributed by atoms with E-state index in [4.69, 9.17) is 10.5 Å². The van der Waals surface area contributed by atoms with Crippen LogP contribution >= 0.6 is 0 Å². The number of nitrogens with two attached hydrogens (primary N) is 1. The quantitative estimate of drug-likeness (QED) is 0.673. The van der Waals surface area contributed by atoms with Gasteiger partial charge in [0.05, 0.1) is 18.1 Å². The van der Waals surface area contributed by atoms with E-state index in [2.05, 4.69) is 0 Å². The Morgan fingerprint density at radius 1 is 1.10 bits per heavy atom. The first-order valence-corrected chi connectivity index (χ1v) is 8.95. The molecule has 1 rings (SSSR count). The van der Waals surface area contributed by atoms with Crippen LogP contribution in [0.25, 0.3) is 0 Å². The molecule has 0 atom stereocenters. The third-order valence-electron chi connectivity index (χ3n) is 3.02. The van der Waals surface area contributed by atoms with E-state index in [0.717, 1.165) is 24.2 Å². The fourth-order valence-electron chi connectivity index (χ4n) is 1.89. The highest BCUT2D eigenvalue weighted by Gasteiger charge is 2.09. The van der Waals surface area contributed by atoms with Crippen molar-refractivity contribution in [3.05, 3.63) is 29.8 Å². The van der Waals surface area contributed by atoms with Gasteiger partial charge in [0, 0.05) is 0 Å². The Bertz CT molecular complexity index is 486. The van der Waals surface area contributed by atoms with Gasteiger partial charge in [0.25, 0.3) is 0 Å². The van der Waals surface area contributed by atoms with Crippen LogP contribution in [0.2, 0.25) is 0 Å². The first-order chi connectivity index (χ1) is 9.53. The van der Waals surface area contributed by atoms with E-state index in [1.807, 2.05) is 31.2 Å². The Morgan fingerprint density at radius 3 is 2.45 bits per heavy atom. The number of hydrogen-bond donors (Lipinski definition) is 1. The second kappa shape index (κ2) is 8.97. The Kier molecular flexibility index (Phi) is 7.62. The maximum Gasteiger partial charge on any atom is 0.150 e. The fourth-order valence-corrected chi connectivity index (χ4v) is 3.38. The minimum Gasteiger partial charge on any atom is -0.494 e. The predicted molar refractivity (Wildman–Crippen MR) is 82.9 cm³/mol. The van der Waals surface area contributed by atoms with Crippen LogP contribution in [-0.2, 0) is 9.84 Å². The molecule has 0 saturated carbocycles. The lowest BCUT2D eigenvalue weighted by Gasteiger charge is -2.07. The lowest BCUT2D eigenvalue weighted by atomic mass is 10.2. The third kappa shape index (κ3) is 7.50. The Hall–Kier alpha value is -1.07. The second-order valence-corrected chi connectivity index (χ2v) is 7.32. The summed E-state index contributed by atoms with van der Waals surface area (Å²) in [6, 6.07) is 7.85. The molecule has 0 spiro atoms. The molecule has 0 aromatic heterocycles. The Labute approximate surface area is 122 Å². The van der Waals surface area contributed by atoms with Crippen LogP contribution in [-0.4, -0.2) is 33.1 Å². The highest BCUT2D eigenvalue weighted by atomic mass is 32.2. The van der Waals surface area contributed by atoms with Crippen LogP contribution in [0.1, 0.15) is 31.2 Å². The monoisotopic (exact) mass is 299 g/mol. The van der Waals surface area contributed by atoms with Gasteiger partial charge in [-0.25, -0.2) is 8.42 Å². The minimum atomic E-state index is -2.92. The van der Waals surface area contributed by atoms with Crippen molar-refractivity contribution >= 4 is 9.84 Å². The van der Waals surface area contributed by atoms with Gasteiger partial charge in [-0.2, -0.15) is 0 Å². The number of ether oxygens (including phenoxy) is 1. The summed E-state index contributed by atoms with van der Waals surface area (Å²) < 4.78 is 29.0. The van der Waals surface area contributed by atoms with Gasteiger partial charge in [0.2, 0.25) is 0 Å². The normalized spacial score (nSPS) is 11.5. The van der Waals surface area contributed by atoms with Crippen molar-refractivity contribution in [3.63, 3.8) is 0 Å².